The lowest BCUT2D eigenvalue weighted by Gasteiger charge is -2.34. The van der Waals surface area contributed by atoms with Crippen LogP contribution in [0.1, 0.15) is 120 Å². The summed E-state index contributed by atoms with van der Waals surface area (Å²) < 4.78 is 36.1. The lowest BCUT2D eigenvalue weighted by Crippen LogP contribution is -2.48. The van der Waals surface area contributed by atoms with Crippen LogP contribution in [0.4, 0.5) is 10.2 Å². The molecule has 3 aromatic carbocycles. The number of aliphatic hydroxyl groups is 1. The zero-order valence-electron chi connectivity index (χ0n) is 44.5. The van der Waals surface area contributed by atoms with Crippen molar-refractivity contribution in [2.75, 3.05) is 44.3 Å². The predicted octanol–water partition coefficient (Wildman–Crippen LogP) is 10.1. The number of nitrogens with one attached hydrogen (secondary N) is 1. The number of hydrogen-bond donors (Lipinski definition) is 3. The van der Waals surface area contributed by atoms with E-state index in [2.05, 4.69) is 32.2 Å². The maximum Gasteiger partial charge on any atom is 0.319 e. The molecule has 77 heavy (non-hydrogen) atoms. The van der Waals surface area contributed by atoms with E-state index in [4.69, 9.17) is 28.9 Å². The molecule has 4 aliphatic rings. The number of likely N-dealkylation sites (tertiary alicyclic amines) is 1. The van der Waals surface area contributed by atoms with Crippen LogP contribution in [0.15, 0.2) is 76.9 Å². The Morgan fingerprint density at radius 2 is 1.78 bits per heavy atom. The van der Waals surface area contributed by atoms with Crippen molar-refractivity contribution >= 4 is 50.6 Å². The number of halogens is 1. The van der Waals surface area contributed by atoms with Gasteiger partial charge in [-0.1, -0.05) is 76.1 Å². The molecule has 6 atom stereocenters. The molecule has 0 spiro atoms. The van der Waals surface area contributed by atoms with E-state index in [1.54, 1.807) is 35.7 Å². The Kier molecular flexibility index (Phi) is 14.9. The number of fused-ring (bicyclic) bond motifs is 3. The Balaban J connectivity index is 0.770. The summed E-state index contributed by atoms with van der Waals surface area (Å²) in [6, 6.07) is 17.8. The van der Waals surface area contributed by atoms with Crippen LogP contribution in [0.5, 0.6) is 17.6 Å². The quantitative estimate of drug-likeness (QED) is 0.0828. The number of phenolic OH excluding ortho intramolecular Hbond substituents is 1. The molecule has 4 aromatic heterocycles. The van der Waals surface area contributed by atoms with E-state index < -0.39 is 23.9 Å². The number of aliphatic hydroxyl groups excluding tert-OH is 1. The van der Waals surface area contributed by atoms with Crippen molar-refractivity contribution in [3.8, 4) is 39.3 Å². The molecule has 4 saturated heterocycles. The SMILES string of the molecule is CCc1cccc2cc(O)cc(-c3ncc4c(N5CCCCCC5)nc(OC[C@@]56CCCN5[C@H](COc5cc([C@H](C(=O)N7C[C@H](O)C[C@H]7C(=O)N[C@@H](C)c7ccc(-c8scnc8C)cc7)C(C)C)on5)CC6)nc4c3F)c12. The molecule has 0 bridgehead atoms. The van der Waals surface area contributed by atoms with Gasteiger partial charge in [-0.25, -0.2) is 9.37 Å². The molecule has 0 radical (unpaired) electrons. The Bertz CT molecular complexity index is 3290. The smallest absolute Gasteiger partial charge is 0.319 e. The second-order valence-electron chi connectivity index (χ2n) is 21.9. The summed E-state index contributed by atoms with van der Waals surface area (Å²) >= 11 is 1.58. The Morgan fingerprint density at radius 1 is 0.974 bits per heavy atom. The molecule has 11 rings (SSSR count). The van der Waals surface area contributed by atoms with Gasteiger partial charge in [0.05, 0.1) is 39.2 Å². The summed E-state index contributed by atoms with van der Waals surface area (Å²) in [4.78, 5) is 54.5. The van der Waals surface area contributed by atoms with Crippen LogP contribution in [-0.4, -0.2) is 120 Å². The lowest BCUT2D eigenvalue weighted by molar-refractivity contribution is -0.141. The number of nitrogens with zero attached hydrogens (tertiary/aromatic N) is 8. The number of hydrogen-bond acceptors (Lipinski definition) is 15. The number of pyridine rings is 1. The minimum atomic E-state index is -0.863. The number of amides is 2. The molecule has 18 heteroatoms. The van der Waals surface area contributed by atoms with Crippen LogP contribution < -0.4 is 19.7 Å². The zero-order chi connectivity index (χ0) is 53.5. The van der Waals surface area contributed by atoms with Crippen molar-refractivity contribution < 1.29 is 38.2 Å². The maximum absolute atomic E-state index is 17.3. The molecule has 0 unspecified atom stereocenters. The number of phenols is 1. The number of aryl methyl sites for hydroxylation is 2. The van der Waals surface area contributed by atoms with Gasteiger partial charge in [0.2, 0.25) is 11.8 Å². The first-order valence-corrected chi connectivity index (χ1v) is 28.3. The monoisotopic (exact) mass is 1070 g/mol. The second kappa shape index (κ2) is 21.9. The highest BCUT2D eigenvalue weighted by atomic mass is 32.1. The first-order chi connectivity index (χ1) is 37.3. The van der Waals surface area contributed by atoms with Crippen molar-refractivity contribution in [3.63, 3.8) is 0 Å². The van der Waals surface area contributed by atoms with Gasteiger partial charge in [-0.15, -0.1) is 11.3 Å². The summed E-state index contributed by atoms with van der Waals surface area (Å²) in [5, 5.41) is 31.2. The van der Waals surface area contributed by atoms with Gasteiger partial charge in [0.1, 0.15) is 48.0 Å². The highest BCUT2D eigenvalue weighted by molar-refractivity contribution is 7.13. The van der Waals surface area contributed by atoms with Gasteiger partial charge >= 0.3 is 6.01 Å². The molecule has 16 nitrogen and oxygen atoms in total. The summed E-state index contributed by atoms with van der Waals surface area (Å²) in [6.07, 6.45) is 9.44. The number of ether oxygens (including phenoxy) is 2. The fourth-order valence-electron chi connectivity index (χ4n) is 12.5. The minimum absolute atomic E-state index is 0.0254. The van der Waals surface area contributed by atoms with Crippen molar-refractivity contribution in [1.82, 2.24) is 40.2 Å². The average Bonchev–Trinajstić information content (AvgIpc) is 4.34. The number of rotatable bonds is 16. The number of carbonyl (C=O) groups is 2. The Labute approximate surface area is 452 Å². The average molecular weight is 1070 g/mol. The van der Waals surface area contributed by atoms with Crippen molar-refractivity contribution in [2.24, 2.45) is 5.92 Å². The number of anilines is 1. The fourth-order valence-corrected chi connectivity index (χ4v) is 13.4. The molecular weight excluding hydrogens is 998 g/mol. The number of aromatic nitrogens is 5. The van der Waals surface area contributed by atoms with Gasteiger partial charge in [0.25, 0.3) is 5.88 Å². The Morgan fingerprint density at radius 3 is 2.53 bits per heavy atom. The van der Waals surface area contributed by atoms with E-state index in [1.165, 1.54) is 4.90 Å². The van der Waals surface area contributed by atoms with Crippen LogP contribution in [-0.2, 0) is 16.0 Å². The third-order valence-electron chi connectivity index (χ3n) is 16.5. The van der Waals surface area contributed by atoms with Crippen molar-refractivity contribution in [3.05, 3.63) is 101 Å². The third-order valence-corrected chi connectivity index (χ3v) is 17.5. The summed E-state index contributed by atoms with van der Waals surface area (Å²) in [5.41, 5.74) is 6.24. The number of aromatic hydroxyl groups is 1. The van der Waals surface area contributed by atoms with E-state index in [1.807, 2.05) is 75.7 Å². The normalized spacial score (nSPS) is 21.7. The molecule has 7 aromatic rings. The van der Waals surface area contributed by atoms with E-state index in [9.17, 15) is 19.8 Å². The summed E-state index contributed by atoms with van der Waals surface area (Å²) in [7, 11) is 0. The number of thiazole rings is 1. The number of benzene rings is 3. The maximum atomic E-state index is 17.3. The predicted molar refractivity (Wildman–Crippen MR) is 294 cm³/mol. The van der Waals surface area contributed by atoms with E-state index in [-0.39, 0.29) is 77.2 Å². The fraction of sp³-hybridized carbons (Fsp3) is 0.475. The molecular formula is C59H68FN9O7S. The van der Waals surface area contributed by atoms with Crippen LogP contribution in [0.25, 0.3) is 43.4 Å². The number of carbonyl (C=O) groups excluding carboxylic acids is 2. The van der Waals surface area contributed by atoms with Crippen LogP contribution in [0.3, 0.4) is 0 Å². The Hall–Kier alpha value is -6.76. The van der Waals surface area contributed by atoms with Crippen molar-refractivity contribution in [1.29, 1.82) is 0 Å². The topological polar surface area (TPSA) is 192 Å². The minimum Gasteiger partial charge on any atom is -0.508 e. The zero-order valence-corrected chi connectivity index (χ0v) is 45.3. The van der Waals surface area contributed by atoms with Gasteiger partial charge in [-0.2, -0.15) is 9.97 Å². The molecule has 4 fully saturated rings. The molecule has 8 heterocycles. The number of β-amino-alcohol motifs (C(OH)–C–C–N with tert-alkyl or cyclic N) is 1. The van der Waals surface area contributed by atoms with Crippen LogP contribution in [0, 0.1) is 18.7 Å². The van der Waals surface area contributed by atoms with Crippen molar-refractivity contribution in [2.45, 2.75) is 135 Å². The molecule has 3 N–H and O–H groups in total. The van der Waals surface area contributed by atoms with E-state index in [0.29, 0.717) is 35.7 Å². The lowest BCUT2D eigenvalue weighted by atomic mass is 9.91. The van der Waals surface area contributed by atoms with Gasteiger partial charge in [0, 0.05) is 49.9 Å². The van der Waals surface area contributed by atoms with E-state index >= 15 is 4.39 Å². The first-order valence-electron chi connectivity index (χ1n) is 27.4. The largest absolute Gasteiger partial charge is 0.508 e. The van der Waals surface area contributed by atoms with Gasteiger partial charge in [-0.05, 0) is 116 Å². The molecule has 4 aliphatic heterocycles. The molecule has 404 valence electrons. The van der Waals surface area contributed by atoms with Crippen LogP contribution >= 0.6 is 11.3 Å². The second-order valence-corrected chi connectivity index (χ2v) is 22.7. The highest BCUT2D eigenvalue weighted by Gasteiger charge is 2.50. The van der Waals surface area contributed by atoms with Gasteiger partial charge in [-0.3, -0.25) is 19.5 Å². The standard InChI is InChI=1S/C59H68FN9O7S/c1-6-37-13-11-14-40-25-42(70)26-44(50(37)40)52-51(60)53-45(29-61-52)55(67-22-9-7-8-10-23-67)65-58(64-53)75-32-59-20-12-24-69(59)41(19-21-59)31-74-48-28-47(76-66-48)49(34(2)3)57(73)68-30-43(71)27-46(68)56(72)63-35(4)38-15-17-39(18-16-38)54-36(5)62-33-77-54/h11,13-18,25-26,28-29,33-35,41,43,46,49,70-71H,6-10,12,19-24,27,30-32H2,1-5H3,(H,63,72)/t35-,41-,43+,46-,49+,59-/m0/s1. The summed E-state index contributed by atoms with van der Waals surface area (Å²) in [5.74, 6) is -1.00. The highest BCUT2D eigenvalue weighted by Crippen LogP contribution is 2.44. The van der Waals surface area contributed by atoms with Gasteiger partial charge < -0.3 is 39.3 Å². The first kappa shape index (κ1) is 52.3. The van der Waals surface area contributed by atoms with E-state index in [0.717, 1.165) is 115 Å². The van der Waals surface area contributed by atoms with Crippen LogP contribution in [0.2, 0.25) is 0 Å². The van der Waals surface area contributed by atoms with Gasteiger partial charge in [0.15, 0.2) is 11.6 Å². The molecule has 2 amide bonds. The molecule has 0 saturated carbocycles. The summed E-state index contributed by atoms with van der Waals surface area (Å²) in [6.45, 7) is 12.9. The molecule has 0 aliphatic carbocycles. The third kappa shape index (κ3) is 10.3.